The molecular formula is C20H41IN4O2. The van der Waals surface area contributed by atoms with Crippen LogP contribution in [-0.4, -0.2) is 87.5 Å². The van der Waals surface area contributed by atoms with E-state index in [4.69, 9.17) is 14.5 Å². The Morgan fingerprint density at radius 3 is 2.63 bits per heavy atom. The number of aliphatic imine (C=N–C) groups is 1. The van der Waals surface area contributed by atoms with Gasteiger partial charge in [-0.2, -0.15) is 0 Å². The van der Waals surface area contributed by atoms with Gasteiger partial charge in [0, 0.05) is 32.8 Å². The number of nitrogens with zero attached hydrogens (tertiary/aromatic N) is 3. The molecule has 0 saturated carbocycles. The van der Waals surface area contributed by atoms with E-state index in [1.54, 1.807) is 0 Å². The van der Waals surface area contributed by atoms with Crippen molar-refractivity contribution in [3.63, 3.8) is 0 Å². The van der Waals surface area contributed by atoms with Gasteiger partial charge in [0.25, 0.3) is 0 Å². The van der Waals surface area contributed by atoms with Gasteiger partial charge in [-0.3, -0.25) is 4.99 Å². The van der Waals surface area contributed by atoms with Gasteiger partial charge in [0.05, 0.1) is 25.4 Å². The number of hydrogen-bond donors (Lipinski definition) is 1. The average molecular weight is 496 g/mol. The molecule has 7 heteroatoms. The Labute approximate surface area is 183 Å². The Morgan fingerprint density at radius 2 is 2.00 bits per heavy atom. The number of ether oxygens (including phenoxy) is 2. The Bertz CT molecular complexity index is 397. The number of piperidine rings is 1. The van der Waals surface area contributed by atoms with E-state index in [2.05, 4.69) is 36.0 Å². The van der Waals surface area contributed by atoms with Crippen LogP contribution in [0.3, 0.4) is 0 Å². The number of halogens is 1. The largest absolute Gasteiger partial charge is 0.376 e. The third kappa shape index (κ3) is 9.76. The number of unbranched alkanes of at least 4 members (excludes halogenated alkanes) is 1. The standard InChI is InChI=1S/C20H40N4O2.HI/c1-4-6-12-23(3)15-11-22-20(21-5-2)24-13-9-18(10-14-24)26-17-19-8-7-16-25-19;/h18-19H,4-17H2,1-3H3,(H,21,22);1H. The summed E-state index contributed by atoms with van der Waals surface area (Å²) in [5.74, 6) is 1.06. The minimum Gasteiger partial charge on any atom is -0.376 e. The molecule has 0 aromatic rings. The maximum atomic E-state index is 6.09. The summed E-state index contributed by atoms with van der Waals surface area (Å²) in [5, 5.41) is 3.46. The molecule has 0 radical (unpaired) electrons. The second kappa shape index (κ2) is 14.8. The molecule has 0 aliphatic carbocycles. The lowest BCUT2D eigenvalue weighted by Gasteiger charge is -2.34. The highest BCUT2D eigenvalue weighted by molar-refractivity contribution is 14.0. The van der Waals surface area contributed by atoms with Crippen molar-refractivity contribution < 1.29 is 9.47 Å². The molecule has 0 bridgehead atoms. The summed E-state index contributed by atoms with van der Waals surface area (Å²) in [6, 6.07) is 0. The van der Waals surface area contributed by atoms with Crippen LogP contribution in [0.4, 0.5) is 0 Å². The van der Waals surface area contributed by atoms with Crippen molar-refractivity contribution in [3.8, 4) is 0 Å². The third-order valence-corrected chi connectivity index (χ3v) is 5.25. The molecule has 2 aliphatic heterocycles. The zero-order valence-electron chi connectivity index (χ0n) is 17.6. The first-order valence-electron chi connectivity index (χ1n) is 10.7. The van der Waals surface area contributed by atoms with E-state index >= 15 is 0 Å². The summed E-state index contributed by atoms with van der Waals surface area (Å²) in [6.07, 6.45) is 7.71. The SMILES string of the molecule is CCCCN(C)CCN=C(NCC)N1CCC(OCC2CCCO2)CC1.I. The Hall–Kier alpha value is -0.120. The lowest BCUT2D eigenvalue weighted by molar-refractivity contribution is -0.0367. The van der Waals surface area contributed by atoms with Crippen molar-refractivity contribution in [1.29, 1.82) is 0 Å². The van der Waals surface area contributed by atoms with Crippen molar-refractivity contribution in [2.45, 2.75) is 64.6 Å². The first-order chi connectivity index (χ1) is 12.7. The summed E-state index contributed by atoms with van der Waals surface area (Å²) in [7, 11) is 2.19. The van der Waals surface area contributed by atoms with E-state index in [0.29, 0.717) is 12.2 Å². The van der Waals surface area contributed by atoms with Crippen LogP contribution in [0.1, 0.15) is 52.4 Å². The zero-order chi connectivity index (χ0) is 18.6. The van der Waals surface area contributed by atoms with E-state index in [1.165, 1.54) is 19.3 Å². The number of guanidine groups is 1. The summed E-state index contributed by atoms with van der Waals surface area (Å²) in [4.78, 5) is 9.62. The summed E-state index contributed by atoms with van der Waals surface area (Å²) in [5.41, 5.74) is 0. The Morgan fingerprint density at radius 1 is 1.22 bits per heavy atom. The summed E-state index contributed by atoms with van der Waals surface area (Å²) >= 11 is 0. The van der Waals surface area contributed by atoms with Crippen molar-refractivity contribution in [2.24, 2.45) is 4.99 Å². The number of nitrogens with one attached hydrogen (secondary N) is 1. The molecule has 0 aromatic carbocycles. The molecule has 0 aromatic heterocycles. The fourth-order valence-electron chi connectivity index (χ4n) is 3.55. The van der Waals surface area contributed by atoms with Crippen LogP contribution in [0.25, 0.3) is 0 Å². The van der Waals surface area contributed by atoms with Gasteiger partial charge in [-0.1, -0.05) is 13.3 Å². The van der Waals surface area contributed by atoms with E-state index in [-0.39, 0.29) is 24.0 Å². The number of likely N-dealkylation sites (N-methyl/N-ethyl adjacent to an activating group) is 1. The molecule has 160 valence electrons. The molecule has 0 amide bonds. The Balaban J connectivity index is 0.00000364. The van der Waals surface area contributed by atoms with Crippen molar-refractivity contribution in [1.82, 2.24) is 15.1 Å². The minimum atomic E-state index is 0. The van der Waals surface area contributed by atoms with Crippen LogP contribution in [0, 0.1) is 0 Å². The van der Waals surface area contributed by atoms with Gasteiger partial charge in [0.2, 0.25) is 0 Å². The molecule has 27 heavy (non-hydrogen) atoms. The predicted molar refractivity (Wildman–Crippen MR) is 123 cm³/mol. The fraction of sp³-hybridized carbons (Fsp3) is 0.950. The van der Waals surface area contributed by atoms with Gasteiger partial charge < -0.3 is 24.6 Å². The number of rotatable bonds is 10. The van der Waals surface area contributed by atoms with Gasteiger partial charge in [-0.25, -0.2) is 0 Å². The summed E-state index contributed by atoms with van der Waals surface area (Å²) in [6.45, 7) is 12.1. The Kier molecular flexibility index (Phi) is 13.7. The first kappa shape index (κ1) is 24.9. The van der Waals surface area contributed by atoms with Gasteiger partial charge in [0.1, 0.15) is 0 Å². The molecule has 0 spiro atoms. The third-order valence-electron chi connectivity index (χ3n) is 5.25. The second-order valence-electron chi connectivity index (χ2n) is 7.55. The molecular weight excluding hydrogens is 455 g/mol. The lowest BCUT2D eigenvalue weighted by atomic mass is 10.1. The highest BCUT2D eigenvalue weighted by Crippen LogP contribution is 2.17. The normalized spacial score (nSPS) is 21.6. The molecule has 1 unspecified atom stereocenters. The van der Waals surface area contributed by atoms with E-state index in [0.717, 1.165) is 77.7 Å². The van der Waals surface area contributed by atoms with Crippen LogP contribution in [0.15, 0.2) is 4.99 Å². The molecule has 2 heterocycles. The zero-order valence-corrected chi connectivity index (χ0v) is 20.0. The predicted octanol–water partition coefficient (Wildman–Crippen LogP) is 2.96. The molecule has 2 saturated heterocycles. The highest BCUT2D eigenvalue weighted by Gasteiger charge is 2.24. The quantitative estimate of drug-likeness (QED) is 0.286. The molecule has 2 rings (SSSR count). The van der Waals surface area contributed by atoms with E-state index < -0.39 is 0 Å². The smallest absolute Gasteiger partial charge is 0.193 e. The second-order valence-corrected chi connectivity index (χ2v) is 7.55. The van der Waals surface area contributed by atoms with Crippen LogP contribution < -0.4 is 5.32 Å². The van der Waals surface area contributed by atoms with Crippen LogP contribution in [0.2, 0.25) is 0 Å². The monoisotopic (exact) mass is 496 g/mol. The molecule has 1 N–H and O–H groups in total. The van der Waals surface area contributed by atoms with Gasteiger partial charge >= 0.3 is 0 Å². The van der Waals surface area contributed by atoms with Crippen LogP contribution >= 0.6 is 24.0 Å². The van der Waals surface area contributed by atoms with Gasteiger partial charge in [-0.05, 0) is 52.6 Å². The first-order valence-corrected chi connectivity index (χ1v) is 10.7. The maximum absolute atomic E-state index is 6.09. The fourth-order valence-corrected chi connectivity index (χ4v) is 3.55. The minimum absolute atomic E-state index is 0. The number of likely N-dealkylation sites (tertiary alicyclic amines) is 1. The van der Waals surface area contributed by atoms with E-state index in [1.807, 2.05) is 0 Å². The molecule has 6 nitrogen and oxygen atoms in total. The highest BCUT2D eigenvalue weighted by atomic mass is 127. The van der Waals surface area contributed by atoms with Gasteiger partial charge in [-0.15, -0.1) is 24.0 Å². The average Bonchev–Trinajstić information content (AvgIpc) is 3.18. The molecule has 2 aliphatic rings. The van der Waals surface area contributed by atoms with E-state index in [9.17, 15) is 0 Å². The van der Waals surface area contributed by atoms with Crippen LogP contribution in [0.5, 0.6) is 0 Å². The van der Waals surface area contributed by atoms with Crippen molar-refractivity contribution in [2.75, 3.05) is 59.5 Å². The van der Waals surface area contributed by atoms with Gasteiger partial charge in [0.15, 0.2) is 5.96 Å². The van der Waals surface area contributed by atoms with Crippen LogP contribution in [-0.2, 0) is 9.47 Å². The topological polar surface area (TPSA) is 49.3 Å². The molecule has 1 atom stereocenters. The van der Waals surface area contributed by atoms with Crippen molar-refractivity contribution >= 4 is 29.9 Å². The lowest BCUT2D eigenvalue weighted by Crippen LogP contribution is -2.47. The molecule has 2 fully saturated rings. The van der Waals surface area contributed by atoms with Crippen molar-refractivity contribution in [3.05, 3.63) is 0 Å². The maximum Gasteiger partial charge on any atom is 0.193 e. The number of hydrogen-bond acceptors (Lipinski definition) is 4. The summed E-state index contributed by atoms with van der Waals surface area (Å²) < 4.78 is 11.7.